The molecule has 3 rings (SSSR count). The third-order valence-corrected chi connectivity index (χ3v) is 3.87. The van der Waals surface area contributed by atoms with Crippen molar-refractivity contribution in [1.29, 1.82) is 0 Å². The SMILES string of the molecule is CC(C)c1nc(CNC2CCc3ccccc3C2)no1. The Morgan fingerprint density at radius 1 is 1.30 bits per heavy atom. The number of fused-ring (bicyclic) bond motifs is 1. The van der Waals surface area contributed by atoms with Crippen LogP contribution in [0.3, 0.4) is 0 Å². The van der Waals surface area contributed by atoms with Crippen LogP contribution < -0.4 is 5.32 Å². The van der Waals surface area contributed by atoms with Gasteiger partial charge in [-0.2, -0.15) is 4.98 Å². The minimum absolute atomic E-state index is 0.290. The van der Waals surface area contributed by atoms with Gasteiger partial charge < -0.3 is 9.84 Å². The van der Waals surface area contributed by atoms with E-state index >= 15 is 0 Å². The first-order valence-corrected chi connectivity index (χ1v) is 7.35. The number of rotatable bonds is 4. The molecule has 1 atom stereocenters. The van der Waals surface area contributed by atoms with E-state index in [2.05, 4.69) is 53.6 Å². The van der Waals surface area contributed by atoms with Crippen LogP contribution in [0.2, 0.25) is 0 Å². The minimum Gasteiger partial charge on any atom is -0.339 e. The Morgan fingerprint density at radius 2 is 2.10 bits per heavy atom. The summed E-state index contributed by atoms with van der Waals surface area (Å²) >= 11 is 0. The lowest BCUT2D eigenvalue weighted by molar-refractivity contribution is 0.357. The van der Waals surface area contributed by atoms with Gasteiger partial charge in [0.25, 0.3) is 0 Å². The third-order valence-electron chi connectivity index (χ3n) is 3.87. The second kappa shape index (κ2) is 5.75. The molecule has 4 heteroatoms. The van der Waals surface area contributed by atoms with E-state index in [0.29, 0.717) is 12.6 Å². The standard InChI is InChI=1S/C16H21N3O/c1-11(2)16-18-15(19-20-16)10-17-14-8-7-12-5-3-4-6-13(12)9-14/h3-6,11,14,17H,7-10H2,1-2H3. The molecule has 2 aromatic rings. The summed E-state index contributed by atoms with van der Waals surface area (Å²) in [5.41, 5.74) is 2.96. The van der Waals surface area contributed by atoms with Crippen LogP contribution in [0.4, 0.5) is 0 Å². The number of aromatic nitrogens is 2. The Morgan fingerprint density at radius 3 is 2.85 bits per heavy atom. The lowest BCUT2D eigenvalue weighted by Crippen LogP contribution is -2.34. The first-order chi connectivity index (χ1) is 9.72. The molecule has 1 aliphatic rings. The van der Waals surface area contributed by atoms with E-state index < -0.39 is 0 Å². The normalized spacial score (nSPS) is 18.2. The molecule has 1 heterocycles. The van der Waals surface area contributed by atoms with Crippen LogP contribution >= 0.6 is 0 Å². The molecule has 0 saturated carbocycles. The predicted octanol–water partition coefficient (Wildman–Crippen LogP) is 2.84. The molecule has 0 bridgehead atoms. The summed E-state index contributed by atoms with van der Waals surface area (Å²) in [6.07, 6.45) is 3.41. The Balaban J connectivity index is 1.57. The van der Waals surface area contributed by atoms with Crippen LogP contribution in [0.5, 0.6) is 0 Å². The number of hydrogen-bond acceptors (Lipinski definition) is 4. The summed E-state index contributed by atoms with van der Waals surface area (Å²) in [4.78, 5) is 4.40. The molecule has 20 heavy (non-hydrogen) atoms. The van der Waals surface area contributed by atoms with Crippen molar-refractivity contribution < 1.29 is 4.52 Å². The van der Waals surface area contributed by atoms with Crippen LogP contribution in [0.25, 0.3) is 0 Å². The van der Waals surface area contributed by atoms with Crippen LogP contribution in [-0.4, -0.2) is 16.2 Å². The number of nitrogens with one attached hydrogen (secondary N) is 1. The molecule has 4 nitrogen and oxygen atoms in total. The van der Waals surface area contributed by atoms with Crippen LogP contribution in [0, 0.1) is 0 Å². The lowest BCUT2D eigenvalue weighted by Gasteiger charge is -2.25. The van der Waals surface area contributed by atoms with E-state index in [1.165, 1.54) is 17.5 Å². The van der Waals surface area contributed by atoms with Gasteiger partial charge in [0.15, 0.2) is 5.82 Å². The van der Waals surface area contributed by atoms with Gasteiger partial charge in [0.2, 0.25) is 5.89 Å². The molecule has 0 saturated heterocycles. The Bertz CT molecular complexity index is 577. The molecule has 0 aliphatic heterocycles. The number of hydrogen-bond donors (Lipinski definition) is 1. The van der Waals surface area contributed by atoms with Gasteiger partial charge in [-0.05, 0) is 30.4 Å². The van der Waals surface area contributed by atoms with E-state index in [4.69, 9.17) is 4.52 Å². The van der Waals surface area contributed by atoms with E-state index in [1.54, 1.807) is 0 Å². The maximum atomic E-state index is 5.22. The largest absolute Gasteiger partial charge is 0.339 e. The minimum atomic E-state index is 0.290. The Labute approximate surface area is 119 Å². The van der Waals surface area contributed by atoms with E-state index in [-0.39, 0.29) is 5.92 Å². The van der Waals surface area contributed by atoms with Crippen molar-refractivity contribution in [2.45, 2.75) is 51.6 Å². The fourth-order valence-electron chi connectivity index (χ4n) is 2.68. The van der Waals surface area contributed by atoms with Crippen molar-refractivity contribution in [3.8, 4) is 0 Å². The molecule has 106 valence electrons. The molecule has 1 aromatic carbocycles. The first kappa shape index (κ1) is 13.3. The number of aryl methyl sites for hydroxylation is 1. The number of benzene rings is 1. The Kier molecular flexibility index (Phi) is 3.83. The molecule has 1 N–H and O–H groups in total. The molecule has 0 spiro atoms. The Hall–Kier alpha value is -1.68. The number of nitrogens with zero attached hydrogens (tertiary/aromatic N) is 2. The zero-order valence-corrected chi connectivity index (χ0v) is 12.1. The zero-order valence-electron chi connectivity index (χ0n) is 12.1. The van der Waals surface area contributed by atoms with E-state index in [0.717, 1.165) is 24.6 Å². The summed E-state index contributed by atoms with van der Waals surface area (Å²) in [5, 5.41) is 7.56. The lowest BCUT2D eigenvalue weighted by atomic mass is 9.88. The van der Waals surface area contributed by atoms with Gasteiger partial charge >= 0.3 is 0 Å². The molecule has 0 radical (unpaired) electrons. The summed E-state index contributed by atoms with van der Waals surface area (Å²) in [7, 11) is 0. The molecule has 0 fully saturated rings. The maximum absolute atomic E-state index is 5.22. The van der Waals surface area contributed by atoms with Gasteiger partial charge in [-0.1, -0.05) is 43.3 Å². The molecule has 1 aromatic heterocycles. The highest BCUT2D eigenvalue weighted by atomic mass is 16.5. The molecule has 0 amide bonds. The van der Waals surface area contributed by atoms with E-state index in [1.807, 2.05) is 0 Å². The maximum Gasteiger partial charge on any atom is 0.229 e. The van der Waals surface area contributed by atoms with Crippen LogP contribution in [0.1, 0.15) is 49.0 Å². The average molecular weight is 271 g/mol. The van der Waals surface area contributed by atoms with Crippen molar-refractivity contribution in [2.75, 3.05) is 0 Å². The van der Waals surface area contributed by atoms with Crippen molar-refractivity contribution >= 4 is 0 Å². The summed E-state index contributed by atoms with van der Waals surface area (Å²) in [6, 6.07) is 9.22. The van der Waals surface area contributed by atoms with Crippen molar-refractivity contribution in [2.24, 2.45) is 0 Å². The molecule has 1 unspecified atom stereocenters. The fourth-order valence-corrected chi connectivity index (χ4v) is 2.68. The molecular weight excluding hydrogens is 250 g/mol. The van der Waals surface area contributed by atoms with Gasteiger partial charge in [-0.15, -0.1) is 0 Å². The van der Waals surface area contributed by atoms with Gasteiger partial charge in [0.05, 0.1) is 6.54 Å². The van der Waals surface area contributed by atoms with Crippen LogP contribution in [-0.2, 0) is 19.4 Å². The highest BCUT2D eigenvalue weighted by Crippen LogP contribution is 2.21. The van der Waals surface area contributed by atoms with Crippen molar-refractivity contribution in [3.63, 3.8) is 0 Å². The van der Waals surface area contributed by atoms with Crippen molar-refractivity contribution in [3.05, 3.63) is 47.1 Å². The zero-order chi connectivity index (χ0) is 13.9. The summed E-state index contributed by atoms with van der Waals surface area (Å²) < 4.78 is 5.22. The topological polar surface area (TPSA) is 51.0 Å². The monoisotopic (exact) mass is 271 g/mol. The molecular formula is C16H21N3O. The van der Waals surface area contributed by atoms with Crippen molar-refractivity contribution in [1.82, 2.24) is 15.5 Å². The second-order valence-electron chi connectivity index (χ2n) is 5.79. The van der Waals surface area contributed by atoms with Gasteiger partial charge in [0, 0.05) is 12.0 Å². The van der Waals surface area contributed by atoms with Gasteiger partial charge in [-0.3, -0.25) is 0 Å². The quantitative estimate of drug-likeness (QED) is 0.929. The molecule has 1 aliphatic carbocycles. The van der Waals surface area contributed by atoms with E-state index in [9.17, 15) is 0 Å². The third kappa shape index (κ3) is 2.90. The summed E-state index contributed by atoms with van der Waals surface area (Å²) in [6.45, 7) is 4.80. The second-order valence-corrected chi connectivity index (χ2v) is 5.79. The fraction of sp³-hybridized carbons (Fsp3) is 0.500. The van der Waals surface area contributed by atoms with Gasteiger partial charge in [-0.25, -0.2) is 0 Å². The average Bonchev–Trinajstić information content (AvgIpc) is 2.94. The highest BCUT2D eigenvalue weighted by molar-refractivity contribution is 5.30. The predicted molar refractivity (Wildman–Crippen MR) is 77.5 cm³/mol. The summed E-state index contributed by atoms with van der Waals surface area (Å²) in [5.74, 6) is 1.76. The smallest absolute Gasteiger partial charge is 0.229 e. The first-order valence-electron chi connectivity index (χ1n) is 7.35. The van der Waals surface area contributed by atoms with Crippen LogP contribution in [0.15, 0.2) is 28.8 Å². The highest BCUT2D eigenvalue weighted by Gasteiger charge is 2.18. The van der Waals surface area contributed by atoms with Gasteiger partial charge in [0.1, 0.15) is 0 Å².